The molecule has 1 amide bonds. The zero-order valence-corrected chi connectivity index (χ0v) is 15.4. The summed E-state index contributed by atoms with van der Waals surface area (Å²) in [5, 5.41) is 8.96. The molecule has 0 radical (unpaired) electrons. The van der Waals surface area contributed by atoms with E-state index in [0.29, 0.717) is 36.5 Å². The summed E-state index contributed by atoms with van der Waals surface area (Å²) in [5.41, 5.74) is 2.32. The number of aromatic nitrogens is 1. The Balaban J connectivity index is 1.81. The Morgan fingerprint density at radius 3 is 2.79 bits per heavy atom. The van der Waals surface area contributed by atoms with Crippen molar-refractivity contribution >= 4 is 11.7 Å². The zero-order chi connectivity index (χ0) is 20.1. The highest BCUT2D eigenvalue weighted by Gasteiger charge is 2.20. The summed E-state index contributed by atoms with van der Waals surface area (Å²) in [5.74, 6) is -0.268. The maximum Gasteiger partial charge on any atom is 0.263 e. The van der Waals surface area contributed by atoms with Crippen LogP contribution in [0.25, 0.3) is 0 Å². The van der Waals surface area contributed by atoms with E-state index < -0.39 is 12.2 Å². The van der Waals surface area contributed by atoms with Crippen LogP contribution in [0.2, 0.25) is 0 Å². The van der Waals surface area contributed by atoms with Gasteiger partial charge in [-0.1, -0.05) is 0 Å². The van der Waals surface area contributed by atoms with E-state index in [2.05, 4.69) is 20.9 Å². The fourth-order valence-corrected chi connectivity index (χ4v) is 3.14. The molecule has 2 aromatic rings. The van der Waals surface area contributed by atoms with Gasteiger partial charge >= 0.3 is 0 Å². The number of nitrogens with zero attached hydrogens (tertiary/aromatic N) is 1. The van der Waals surface area contributed by atoms with Gasteiger partial charge in [-0.25, -0.2) is 18.2 Å². The number of hydrogen-bond donors (Lipinski definition) is 3. The quantitative estimate of drug-likeness (QED) is 0.680. The van der Waals surface area contributed by atoms with E-state index in [9.17, 15) is 18.0 Å². The molecule has 0 spiro atoms. The number of benzene rings is 1. The van der Waals surface area contributed by atoms with Gasteiger partial charge in [-0.3, -0.25) is 4.79 Å². The number of hydrogen-bond acceptors (Lipinski definition) is 4. The molecule has 8 heteroatoms. The molecule has 0 fully saturated rings. The van der Waals surface area contributed by atoms with Gasteiger partial charge in [0.05, 0.1) is 0 Å². The lowest BCUT2D eigenvalue weighted by atomic mass is 10.0. The Morgan fingerprint density at radius 1 is 1.21 bits per heavy atom. The van der Waals surface area contributed by atoms with Crippen LogP contribution in [0.3, 0.4) is 0 Å². The van der Waals surface area contributed by atoms with Gasteiger partial charge in [0.1, 0.15) is 11.6 Å². The van der Waals surface area contributed by atoms with Crippen molar-refractivity contribution in [1.29, 1.82) is 0 Å². The molecule has 1 aromatic carbocycles. The van der Waals surface area contributed by atoms with Crippen LogP contribution in [0.15, 0.2) is 47.8 Å². The molecule has 0 aliphatic carbocycles. The molecule has 1 aliphatic rings. The topological polar surface area (TPSA) is 66.1 Å². The largest absolute Gasteiger partial charge is 0.352 e. The summed E-state index contributed by atoms with van der Waals surface area (Å²) >= 11 is 0. The van der Waals surface area contributed by atoms with Crippen LogP contribution in [0.5, 0.6) is 0 Å². The lowest BCUT2D eigenvalue weighted by molar-refractivity contribution is -0.117. The van der Waals surface area contributed by atoms with Gasteiger partial charge in [-0.15, -0.1) is 0 Å². The Kier molecular flexibility index (Phi) is 6.30. The highest BCUT2D eigenvalue weighted by Crippen LogP contribution is 2.23. The van der Waals surface area contributed by atoms with Crippen molar-refractivity contribution in [1.82, 2.24) is 15.6 Å². The fraction of sp³-hybridized carbons (Fsp3) is 0.300. The van der Waals surface area contributed by atoms with Crippen LogP contribution in [0.4, 0.5) is 19.0 Å². The average Bonchev–Trinajstić information content (AvgIpc) is 2.64. The molecule has 5 nitrogen and oxygen atoms in total. The number of alkyl halides is 2. The molecular formula is C20H21F3N4O. The minimum atomic E-state index is -2.72. The SMILES string of the molecule is CNCC1=C(Nc2cc(Cc3cc(F)cc(C(F)F)c3)ccn2)CCNC1=O. The van der Waals surface area contributed by atoms with Crippen LogP contribution in [-0.4, -0.2) is 31.0 Å². The van der Waals surface area contributed by atoms with Gasteiger partial charge in [-0.2, -0.15) is 0 Å². The van der Waals surface area contributed by atoms with Gasteiger partial charge in [0, 0.05) is 42.5 Å². The number of carbonyl (C=O) groups is 1. The van der Waals surface area contributed by atoms with Crippen LogP contribution < -0.4 is 16.0 Å². The molecule has 148 valence electrons. The minimum absolute atomic E-state index is 0.126. The summed E-state index contributed by atoms with van der Waals surface area (Å²) in [6, 6.07) is 6.91. The second kappa shape index (κ2) is 8.88. The van der Waals surface area contributed by atoms with E-state index in [1.807, 2.05) is 0 Å². The van der Waals surface area contributed by atoms with E-state index in [1.54, 1.807) is 25.4 Å². The van der Waals surface area contributed by atoms with Crippen molar-refractivity contribution in [3.63, 3.8) is 0 Å². The van der Waals surface area contributed by atoms with Gasteiger partial charge < -0.3 is 16.0 Å². The van der Waals surface area contributed by atoms with Crippen LogP contribution >= 0.6 is 0 Å². The first-order valence-electron chi connectivity index (χ1n) is 8.90. The number of rotatable bonds is 7. The first kappa shape index (κ1) is 19.9. The van der Waals surface area contributed by atoms with E-state index in [4.69, 9.17) is 0 Å². The van der Waals surface area contributed by atoms with E-state index in [0.717, 1.165) is 17.3 Å². The molecule has 3 N–H and O–H groups in total. The Hall–Kier alpha value is -2.87. The number of carbonyl (C=O) groups excluding carboxylic acids is 1. The molecule has 1 aromatic heterocycles. The van der Waals surface area contributed by atoms with Crippen LogP contribution in [0.1, 0.15) is 29.5 Å². The first-order chi connectivity index (χ1) is 13.5. The van der Waals surface area contributed by atoms with E-state index in [1.165, 1.54) is 12.1 Å². The minimum Gasteiger partial charge on any atom is -0.352 e. The highest BCUT2D eigenvalue weighted by molar-refractivity contribution is 5.96. The summed E-state index contributed by atoms with van der Waals surface area (Å²) in [7, 11) is 1.76. The second-order valence-electron chi connectivity index (χ2n) is 6.54. The first-order valence-corrected chi connectivity index (χ1v) is 8.90. The Bertz CT molecular complexity index is 899. The Morgan fingerprint density at radius 2 is 2.04 bits per heavy atom. The lowest BCUT2D eigenvalue weighted by Crippen LogP contribution is -2.36. The molecule has 0 unspecified atom stereocenters. The predicted octanol–water partition coefficient (Wildman–Crippen LogP) is 3.15. The molecular weight excluding hydrogens is 369 g/mol. The third kappa shape index (κ3) is 4.89. The predicted molar refractivity (Wildman–Crippen MR) is 101 cm³/mol. The standard InChI is InChI=1S/C20H21F3N4O/c1-24-11-16-17(3-5-26-20(16)28)27-18-9-12(2-4-25-18)6-13-7-14(19(22)23)10-15(21)8-13/h2,4,7-10,19,24H,3,5-6,11H2,1H3,(H,25,27)(H,26,28). The molecule has 0 saturated heterocycles. The average molecular weight is 390 g/mol. The maximum absolute atomic E-state index is 13.6. The summed E-state index contributed by atoms with van der Waals surface area (Å²) in [4.78, 5) is 16.3. The number of anilines is 1. The highest BCUT2D eigenvalue weighted by atomic mass is 19.3. The molecule has 1 aliphatic heterocycles. The molecule has 0 saturated carbocycles. The third-order valence-corrected chi connectivity index (χ3v) is 4.40. The lowest BCUT2D eigenvalue weighted by Gasteiger charge is -2.21. The number of halogens is 3. The van der Waals surface area contributed by atoms with Crippen molar-refractivity contribution in [3.8, 4) is 0 Å². The molecule has 2 heterocycles. The normalized spacial score (nSPS) is 14.4. The zero-order valence-electron chi connectivity index (χ0n) is 15.4. The van der Waals surface area contributed by atoms with Crippen molar-refractivity contribution < 1.29 is 18.0 Å². The third-order valence-electron chi connectivity index (χ3n) is 4.40. The van der Waals surface area contributed by atoms with Gasteiger partial charge in [0.2, 0.25) is 5.91 Å². The molecule has 28 heavy (non-hydrogen) atoms. The summed E-state index contributed by atoms with van der Waals surface area (Å²) < 4.78 is 39.4. The monoisotopic (exact) mass is 390 g/mol. The van der Waals surface area contributed by atoms with Crippen molar-refractivity contribution in [2.45, 2.75) is 19.3 Å². The van der Waals surface area contributed by atoms with E-state index >= 15 is 0 Å². The molecule has 0 atom stereocenters. The summed E-state index contributed by atoms with van der Waals surface area (Å²) in [6.45, 7) is 0.960. The number of pyridine rings is 1. The van der Waals surface area contributed by atoms with Gasteiger partial charge in [0.15, 0.2) is 0 Å². The fourth-order valence-electron chi connectivity index (χ4n) is 3.14. The maximum atomic E-state index is 13.6. The van der Waals surface area contributed by atoms with Gasteiger partial charge in [-0.05, 0) is 54.9 Å². The summed E-state index contributed by atoms with van der Waals surface area (Å²) in [6.07, 6.45) is -0.195. The van der Waals surface area contributed by atoms with Crippen molar-refractivity contribution in [2.24, 2.45) is 0 Å². The molecule has 3 rings (SSSR count). The van der Waals surface area contributed by atoms with Crippen molar-refractivity contribution in [3.05, 3.63) is 70.3 Å². The van der Waals surface area contributed by atoms with E-state index in [-0.39, 0.29) is 17.9 Å². The number of amides is 1. The van der Waals surface area contributed by atoms with Crippen LogP contribution in [-0.2, 0) is 11.2 Å². The smallest absolute Gasteiger partial charge is 0.263 e. The number of nitrogens with one attached hydrogen (secondary N) is 3. The van der Waals surface area contributed by atoms with Gasteiger partial charge in [0.25, 0.3) is 6.43 Å². The number of likely N-dealkylation sites (N-methyl/N-ethyl adjacent to an activating group) is 1. The van der Waals surface area contributed by atoms with Crippen molar-refractivity contribution in [2.75, 3.05) is 25.5 Å². The molecule has 0 bridgehead atoms. The second-order valence-corrected chi connectivity index (χ2v) is 6.54. The Labute approximate surface area is 161 Å². The van der Waals surface area contributed by atoms with Crippen LogP contribution in [0, 0.1) is 5.82 Å².